The fourth-order valence-electron chi connectivity index (χ4n) is 1.61. The van der Waals surface area contributed by atoms with E-state index in [0.717, 1.165) is 23.4 Å². The van der Waals surface area contributed by atoms with Crippen LogP contribution in [-0.4, -0.2) is 18.5 Å². The smallest absolute Gasteiger partial charge is 0.237 e. The SMILES string of the molecule is CCC(C)[C@H](N)C(=O)NCCc1ccc(Cl)cc1. The van der Waals surface area contributed by atoms with Crippen molar-refractivity contribution in [3.05, 3.63) is 34.9 Å². The summed E-state index contributed by atoms with van der Waals surface area (Å²) in [5.41, 5.74) is 6.99. The number of hydrogen-bond acceptors (Lipinski definition) is 2. The predicted molar refractivity (Wildman–Crippen MR) is 75.6 cm³/mol. The predicted octanol–water partition coefficient (Wildman–Crippen LogP) is 2.37. The van der Waals surface area contributed by atoms with Crippen LogP contribution in [0.4, 0.5) is 0 Å². The Morgan fingerprint density at radius 1 is 1.39 bits per heavy atom. The molecule has 18 heavy (non-hydrogen) atoms. The van der Waals surface area contributed by atoms with Crippen molar-refractivity contribution < 1.29 is 4.79 Å². The molecular weight excluding hydrogens is 248 g/mol. The third kappa shape index (κ3) is 4.67. The van der Waals surface area contributed by atoms with Crippen LogP contribution in [-0.2, 0) is 11.2 Å². The van der Waals surface area contributed by atoms with Crippen molar-refractivity contribution in [2.24, 2.45) is 11.7 Å². The number of halogens is 1. The fourth-order valence-corrected chi connectivity index (χ4v) is 1.74. The average molecular weight is 269 g/mol. The minimum Gasteiger partial charge on any atom is -0.354 e. The van der Waals surface area contributed by atoms with E-state index in [4.69, 9.17) is 17.3 Å². The highest BCUT2D eigenvalue weighted by Gasteiger charge is 2.18. The molecule has 3 nitrogen and oxygen atoms in total. The Bertz CT molecular complexity index is 378. The second-order valence-electron chi connectivity index (χ2n) is 4.58. The highest BCUT2D eigenvalue weighted by molar-refractivity contribution is 6.30. The highest BCUT2D eigenvalue weighted by Crippen LogP contribution is 2.09. The van der Waals surface area contributed by atoms with Gasteiger partial charge in [0.1, 0.15) is 0 Å². The van der Waals surface area contributed by atoms with E-state index in [2.05, 4.69) is 5.32 Å². The lowest BCUT2D eigenvalue weighted by Crippen LogP contribution is -2.45. The van der Waals surface area contributed by atoms with Crippen molar-refractivity contribution in [2.75, 3.05) is 6.54 Å². The average Bonchev–Trinajstić information content (AvgIpc) is 2.39. The summed E-state index contributed by atoms with van der Waals surface area (Å²) < 4.78 is 0. The molecule has 0 fully saturated rings. The normalized spacial score (nSPS) is 14.0. The van der Waals surface area contributed by atoms with Crippen molar-refractivity contribution in [1.29, 1.82) is 0 Å². The van der Waals surface area contributed by atoms with E-state index in [-0.39, 0.29) is 11.8 Å². The zero-order valence-electron chi connectivity index (χ0n) is 10.9. The molecule has 0 radical (unpaired) electrons. The first-order chi connectivity index (χ1) is 8.54. The second-order valence-corrected chi connectivity index (χ2v) is 5.02. The van der Waals surface area contributed by atoms with E-state index in [1.807, 2.05) is 38.1 Å². The molecule has 0 saturated heterocycles. The molecule has 100 valence electrons. The van der Waals surface area contributed by atoms with Crippen molar-refractivity contribution in [3.8, 4) is 0 Å². The van der Waals surface area contributed by atoms with Gasteiger partial charge in [-0.2, -0.15) is 0 Å². The zero-order chi connectivity index (χ0) is 13.5. The molecule has 0 aromatic heterocycles. The molecule has 1 unspecified atom stereocenters. The lowest BCUT2D eigenvalue weighted by atomic mass is 9.99. The van der Waals surface area contributed by atoms with Crippen LogP contribution in [0.5, 0.6) is 0 Å². The van der Waals surface area contributed by atoms with Crippen molar-refractivity contribution in [1.82, 2.24) is 5.32 Å². The molecule has 0 aliphatic carbocycles. The van der Waals surface area contributed by atoms with Crippen molar-refractivity contribution in [3.63, 3.8) is 0 Å². The molecule has 0 aliphatic rings. The minimum atomic E-state index is -0.416. The third-order valence-corrected chi connectivity index (χ3v) is 3.44. The van der Waals surface area contributed by atoms with Gasteiger partial charge in [-0.05, 0) is 30.0 Å². The Balaban J connectivity index is 2.33. The number of amides is 1. The maximum absolute atomic E-state index is 11.7. The van der Waals surface area contributed by atoms with Gasteiger partial charge in [-0.25, -0.2) is 0 Å². The molecule has 0 saturated carbocycles. The van der Waals surface area contributed by atoms with Gasteiger partial charge < -0.3 is 11.1 Å². The molecule has 1 aromatic rings. The summed E-state index contributed by atoms with van der Waals surface area (Å²) in [6.45, 7) is 4.62. The van der Waals surface area contributed by atoms with Crippen LogP contribution in [0.3, 0.4) is 0 Å². The topological polar surface area (TPSA) is 55.1 Å². The van der Waals surface area contributed by atoms with Gasteiger partial charge in [-0.15, -0.1) is 0 Å². The maximum atomic E-state index is 11.7. The first-order valence-corrected chi connectivity index (χ1v) is 6.70. The highest BCUT2D eigenvalue weighted by atomic mass is 35.5. The summed E-state index contributed by atoms with van der Waals surface area (Å²) >= 11 is 5.80. The summed E-state index contributed by atoms with van der Waals surface area (Å²) in [4.78, 5) is 11.7. The first kappa shape index (κ1) is 15.0. The molecule has 2 atom stereocenters. The van der Waals surface area contributed by atoms with Crippen LogP contribution < -0.4 is 11.1 Å². The number of benzene rings is 1. The van der Waals surface area contributed by atoms with E-state index in [1.54, 1.807) is 0 Å². The van der Waals surface area contributed by atoms with Gasteiger partial charge in [-0.3, -0.25) is 4.79 Å². The Hall–Kier alpha value is -1.06. The Kier molecular flexibility index (Phi) is 6.16. The van der Waals surface area contributed by atoms with E-state index in [0.29, 0.717) is 6.54 Å². The number of rotatable bonds is 6. The molecule has 1 rings (SSSR count). The molecule has 1 aromatic carbocycles. The van der Waals surface area contributed by atoms with Gasteiger partial charge in [0.25, 0.3) is 0 Å². The quantitative estimate of drug-likeness (QED) is 0.832. The summed E-state index contributed by atoms with van der Waals surface area (Å²) in [6, 6.07) is 7.21. The minimum absolute atomic E-state index is 0.0710. The molecule has 0 aliphatic heterocycles. The molecule has 4 heteroatoms. The van der Waals surface area contributed by atoms with Crippen LogP contribution in [0.25, 0.3) is 0 Å². The Morgan fingerprint density at radius 2 is 2.00 bits per heavy atom. The first-order valence-electron chi connectivity index (χ1n) is 6.32. The lowest BCUT2D eigenvalue weighted by molar-refractivity contribution is -0.123. The second kappa shape index (κ2) is 7.39. The summed E-state index contributed by atoms with van der Waals surface area (Å²) in [5.74, 6) is 0.138. The molecule has 1 amide bonds. The number of carbonyl (C=O) groups is 1. The summed E-state index contributed by atoms with van der Waals surface area (Å²) in [6.07, 6.45) is 1.70. The standard InChI is InChI=1S/C14H21ClN2O/c1-3-10(2)13(16)14(18)17-9-8-11-4-6-12(15)7-5-11/h4-7,10,13H,3,8-9,16H2,1-2H3,(H,17,18)/t10?,13-/m0/s1. The number of hydrogen-bond donors (Lipinski definition) is 2. The van der Waals surface area contributed by atoms with E-state index in [1.165, 1.54) is 0 Å². The van der Waals surface area contributed by atoms with E-state index < -0.39 is 6.04 Å². The van der Waals surface area contributed by atoms with Gasteiger partial charge in [-0.1, -0.05) is 44.0 Å². The molecular formula is C14H21ClN2O. The Morgan fingerprint density at radius 3 is 2.56 bits per heavy atom. The van der Waals surface area contributed by atoms with E-state index in [9.17, 15) is 4.79 Å². The van der Waals surface area contributed by atoms with Gasteiger partial charge >= 0.3 is 0 Å². The van der Waals surface area contributed by atoms with Crippen molar-refractivity contribution in [2.45, 2.75) is 32.7 Å². The van der Waals surface area contributed by atoms with Crippen LogP contribution in [0.15, 0.2) is 24.3 Å². The third-order valence-electron chi connectivity index (χ3n) is 3.19. The number of nitrogens with two attached hydrogens (primary N) is 1. The maximum Gasteiger partial charge on any atom is 0.237 e. The molecule has 0 heterocycles. The van der Waals surface area contributed by atoms with Crippen LogP contribution in [0.1, 0.15) is 25.8 Å². The lowest BCUT2D eigenvalue weighted by Gasteiger charge is -2.17. The molecule has 0 bridgehead atoms. The number of nitrogens with one attached hydrogen (secondary N) is 1. The van der Waals surface area contributed by atoms with Crippen LogP contribution in [0.2, 0.25) is 5.02 Å². The van der Waals surface area contributed by atoms with E-state index >= 15 is 0 Å². The zero-order valence-corrected chi connectivity index (χ0v) is 11.7. The molecule has 0 spiro atoms. The van der Waals surface area contributed by atoms with Crippen LogP contribution in [0, 0.1) is 5.92 Å². The summed E-state index contributed by atoms with van der Waals surface area (Å²) in [5, 5.41) is 3.59. The van der Waals surface area contributed by atoms with Gasteiger partial charge in [0.15, 0.2) is 0 Å². The Labute approximate surface area is 114 Å². The van der Waals surface area contributed by atoms with Crippen molar-refractivity contribution >= 4 is 17.5 Å². The number of carbonyl (C=O) groups excluding carboxylic acids is 1. The molecule has 3 N–H and O–H groups in total. The van der Waals surface area contributed by atoms with Gasteiger partial charge in [0, 0.05) is 11.6 Å². The van der Waals surface area contributed by atoms with Gasteiger partial charge in [0.05, 0.1) is 6.04 Å². The van der Waals surface area contributed by atoms with Crippen LogP contribution >= 0.6 is 11.6 Å². The fraction of sp³-hybridized carbons (Fsp3) is 0.500. The largest absolute Gasteiger partial charge is 0.354 e. The monoisotopic (exact) mass is 268 g/mol. The van der Waals surface area contributed by atoms with Gasteiger partial charge in [0.2, 0.25) is 5.91 Å². The summed E-state index contributed by atoms with van der Waals surface area (Å²) in [7, 11) is 0.